The normalized spacial score (nSPS) is 11.6. The lowest BCUT2D eigenvalue weighted by atomic mass is 9.99. The molecule has 2 rings (SSSR count). The molecule has 0 aliphatic carbocycles. The molecule has 0 radical (unpaired) electrons. The Balaban J connectivity index is 2.25. The summed E-state index contributed by atoms with van der Waals surface area (Å²) in [4.78, 5) is 10.7. The van der Waals surface area contributed by atoms with Gasteiger partial charge in [-0.15, -0.1) is 0 Å². The monoisotopic (exact) mass is 253 g/mol. The number of nitriles is 1. The Labute approximate surface area is 110 Å². The zero-order valence-electron chi connectivity index (χ0n) is 9.95. The second-order valence-electron chi connectivity index (χ2n) is 4.06. The number of aliphatic hydroxyl groups is 1. The van der Waals surface area contributed by atoms with Gasteiger partial charge in [-0.2, -0.15) is 5.26 Å². The predicted octanol–water partition coefficient (Wildman–Crippen LogP) is 2.34. The number of aromatic carboxylic acids is 1. The fraction of sp³-hybridized carbons (Fsp3) is 0.0667. The van der Waals surface area contributed by atoms with Gasteiger partial charge in [0.25, 0.3) is 0 Å². The van der Waals surface area contributed by atoms with Crippen LogP contribution in [0.4, 0.5) is 0 Å². The van der Waals surface area contributed by atoms with Crippen LogP contribution in [0.25, 0.3) is 0 Å². The van der Waals surface area contributed by atoms with Crippen LogP contribution in [0, 0.1) is 11.3 Å². The molecular formula is C15H11NO3. The molecule has 4 nitrogen and oxygen atoms in total. The Morgan fingerprint density at radius 1 is 1.00 bits per heavy atom. The van der Waals surface area contributed by atoms with E-state index in [9.17, 15) is 9.90 Å². The standard InChI is InChI=1S/C15H11NO3/c16-9-10-1-3-11(4-2-10)14(17)12-5-7-13(8-6-12)15(18)19/h1-8,14,17H,(H,18,19). The van der Waals surface area contributed by atoms with Crippen molar-refractivity contribution >= 4 is 5.97 Å². The first-order valence-electron chi connectivity index (χ1n) is 5.63. The molecule has 0 amide bonds. The summed E-state index contributed by atoms with van der Waals surface area (Å²) in [6.07, 6.45) is -0.837. The Morgan fingerprint density at radius 2 is 1.47 bits per heavy atom. The molecule has 0 aromatic heterocycles. The van der Waals surface area contributed by atoms with Crippen molar-refractivity contribution < 1.29 is 15.0 Å². The second kappa shape index (κ2) is 5.34. The van der Waals surface area contributed by atoms with Gasteiger partial charge in [0.15, 0.2) is 0 Å². The molecule has 1 atom stereocenters. The Kier molecular flexibility index (Phi) is 3.60. The highest BCUT2D eigenvalue weighted by Gasteiger charge is 2.11. The van der Waals surface area contributed by atoms with Crippen LogP contribution in [0.1, 0.15) is 33.2 Å². The average Bonchev–Trinajstić information content (AvgIpc) is 2.46. The van der Waals surface area contributed by atoms with Gasteiger partial charge < -0.3 is 10.2 Å². The molecule has 0 heterocycles. The first-order valence-corrected chi connectivity index (χ1v) is 5.63. The summed E-state index contributed by atoms with van der Waals surface area (Å²) in [5.41, 5.74) is 1.96. The minimum atomic E-state index is -1.00. The highest BCUT2D eigenvalue weighted by atomic mass is 16.4. The molecule has 19 heavy (non-hydrogen) atoms. The molecule has 0 fully saturated rings. The largest absolute Gasteiger partial charge is 0.478 e. The van der Waals surface area contributed by atoms with Crippen molar-refractivity contribution in [1.82, 2.24) is 0 Å². The number of hydrogen-bond acceptors (Lipinski definition) is 3. The van der Waals surface area contributed by atoms with Gasteiger partial charge in [-0.05, 0) is 35.4 Å². The first kappa shape index (κ1) is 12.8. The number of hydrogen-bond donors (Lipinski definition) is 2. The van der Waals surface area contributed by atoms with E-state index < -0.39 is 12.1 Å². The topological polar surface area (TPSA) is 81.3 Å². The van der Waals surface area contributed by atoms with Gasteiger partial charge in [-0.25, -0.2) is 4.79 Å². The fourth-order valence-electron chi connectivity index (χ4n) is 1.74. The van der Waals surface area contributed by atoms with Crippen LogP contribution in [0.15, 0.2) is 48.5 Å². The molecule has 0 saturated carbocycles. The van der Waals surface area contributed by atoms with E-state index in [2.05, 4.69) is 0 Å². The maximum atomic E-state index is 10.7. The number of benzene rings is 2. The Hall–Kier alpha value is -2.64. The molecule has 4 heteroatoms. The maximum absolute atomic E-state index is 10.7. The number of carboxylic acid groups (broad SMARTS) is 1. The molecule has 1 unspecified atom stereocenters. The molecule has 0 aliphatic rings. The third kappa shape index (κ3) is 2.79. The Bertz CT molecular complexity index is 624. The van der Waals surface area contributed by atoms with Gasteiger partial charge in [-0.1, -0.05) is 24.3 Å². The second-order valence-corrected chi connectivity index (χ2v) is 4.06. The lowest BCUT2D eigenvalue weighted by molar-refractivity contribution is 0.0696. The molecule has 94 valence electrons. The van der Waals surface area contributed by atoms with Crippen molar-refractivity contribution in [3.05, 3.63) is 70.8 Å². The summed E-state index contributed by atoms with van der Waals surface area (Å²) >= 11 is 0. The van der Waals surface area contributed by atoms with Crippen LogP contribution in [0.5, 0.6) is 0 Å². The molecule has 2 aromatic rings. The van der Waals surface area contributed by atoms with Gasteiger partial charge in [0.2, 0.25) is 0 Å². The minimum absolute atomic E-state index is 0.177. The van der Waals surface area contributed by atoms with Gasteiger partial charge in [0.1, 0.15) is 6.10 Å². The van der Waals surface area contributed by atoms with E-state index in [0.29, 0.717) is 16.7 Å². The summed E-state index contributed by atoms with van der Waals surface area (Å²) in [7, 11) is 0. The third-order valence-electron chi connectivity index (χ3n) is 2.83. The van der Waals surface area contributed by atoms with Gasteiger partial charge in [0, 0.05) is 0 Å². The van der Waals surface area contributed by atoms with E-state index in [0.717, 1.165) is 0 Å². The van der Waals surface area contributed by atoms with Crippen LogP contribution in [-0.4, -0.2) is 16.2 Å². The van der Waals surface area contributed by atoms with E-state index >= 15 is 0 Å². The number of nitrogens with zero attached hydrogens (tertiary/aromatic N) is 1. The van der Waals surface area contributed by atoms with E-state index in [-0.39, 0.29) is 5.56 Å². The van der Waals surface area contributed by atoms with Crippen molar-refractivity contribution in [2.75, 3.05) is 0 Å². The number of aliphatic hydroxyl groups excluding tert-OH is 1. The van der Waals surface area contributed by atoms with Crippen molar-refractivity contribution in [2.45, 2.75) is 6.10 Å². The van der Waals surface area contributed by atoms with Crippen LogP contribution in [-0.2, 0) is 0 Å². The number of carbonyl (C=O) groups is 1. The number of rotatable bonds is 3. The lowest BCUT2D eigenvalue weighted by Gasteiger charge is -2.11. The van der Waals surface area contributed by atoms with Crippen molar-refractivity contribution in [2.24, 2.45) is 0 Å². The molecule has 0 saturated heterocycles. The Morgan fingerprint density at radius 3 is 1.89 bits per heavy atom. The average molecular weight is 253 g/mol. The van der Waals surface area contributed by atoms with Gasteiger partial charge in [-0.3, -0.25) is 0 Å². The summed E-state index contributed by atoms with van der Waals surface area (Å²) in [5.74, 6) is -1.00. The van der Waals surface area contributed by atoms with Crippen molar-refractivity contribution in [1.29, 1.82) is 5.26 Å². The minimum Gasteiger partial charge on any atom is -0.478 e. The summed E-state index contributed by atoms with van der Waals surface area (Å²) < 4.78 is 0. The molecule has 2 N–H and O–H groups in total. The quantitative estimate of drug-likeness (QED) is 0.879. The molecule has 0 aliphatic heterocycles. The smallest absolute Gasteiger partial charge is 0.335 e. The van der Waals surface area contributed by atoms with Crippen molar-refractivity contribution in [3.8, 4) is 6.07 Å². The highest BCUT2D eigenvalue weighted by Crippen LogP contribution is 2.22. The maximum Gasteiger partial charge on any atom is 0.335 e. The van der Waals surface area contributed by atoms with E-state index in [1.807, 2.05) is 6.07 Å². The summed E-state index contributed by atoms with van der Waals surface area (Å²) in [6, 6.07) is 14.7. The molecule has 2 aromatic carbocycles. The summed E-state index contributed by atoms with van der Waals surface area (Å²) in [6.45, 7) is 0. The fourth-order valence-corrected chi connectivity index (χ4v) is 1.74. The molecule has 0 bridgehead atoms. The SMILES string of the molecule is N#Cc1ccc(C(O)c2ccc(C(=O)O)cc2)cc1. The predicted molar refractivity (Wildman–Crippen MR) is 68.6 cm³/mol. The summed E-state index contributed by atoms with van der Waals surface area (Å²) in [5, 5.41) is 27.6. The zero-order chi connectivity index (χ0) is 13.8. The zero-order valence-corrected chi connectivity index (χ0v) is 9.95. The van der Waals surface area contributed by atoms with E-state index in [1.165, 1.54) is 12.1 Å². The first-order chi connectivity index (χ1) is 9.11. The molecular weight excluding hydrogens is 242 g/mol. The van der Waals surface area contributed by atoms with Crippen LogP contribution in [0.2, 0.25) is 0 Å². The van der Waals surface area contributed by atoms with E-state index in [1.54, 1.807) is 36.4 Å². The van der Waals surface area contributed by atoms with Gasteiger partial charge >= 0.3 is 5.97 Å². The third-order valence-corrected chi connectivity index (χ3v) is 2.83. The highest BCUT2D eigenvalue weighted by molar-refractivity contribution is 5.87. The van der Waals surface area contributed by atoms with Crippen LogP contribution in [0.3, 0.4) is 0 Å². The lowest BCUT2D eigenvalue weighted by Crippen LogP contribution is -2.01. The van der Waals surface area contributed by atoms with E-state index in [4.69, 9.17) is 10.4 Å². The van der Waals surface area contributed by atoms with Crippen LogP contribution < -0.4 is 0 Å². The number of carboxylic acids is 1. The van der Waals surface area contributed by atoms with Crippen molar-refractivity contribution in [3.63, 3.8) is 0 Å². The molecule has 0 spiro atoms. The van der Waals surface area contributed by atoms with Crippen LogP contribution >= 0.6 is 0 Å². The van der Waals surface area contributed by atoms with Gasteiger partial charge in [0.05, 0.1) is 17.2 Å².